The van der Waals surface area contributed by atoms with Crippen LogP contribution >= 0.6 is 0 Å². The number of nitrogens with one attached hydrogen (secondary N) is 1. The summed E-state index contributed by atoms with van der Waals surface area (Å²) in [6, 6.07) is 4.67. The lowest BCUT2D eigenvalue weighted by Gasteiger charge is -2.33. The number of benzene rings is 1. The molecule has 2 aromatic rings. The van der Waals surface area contributed by atoms with Gasteiger partial charge in [0.15, 0.2) is 0 Å². The Kier molecular flexibility index (Phi) is 6.08. The molecule has 0 bridgehead atoms. The van der Waals surface area contributed by atoms with Crippen LogP contribution in [-0.2, 0) is 15.7 Å². The Bertz CT molecular complexity index is 933. The van der Waals surface area contributed by atoms with Gasteiger partial charge in [-0.15, -0.1) is 0 Å². The smallest absolute Gasteiger partial charge is 0.471 e. The lowest BCUT2D eigenvalue weighted by atomic mass is 10.1. The minimum absolute atomic E-state index is 0.379. The molecule has 0 amide bonds. The van der Waals surface area contributed by atoms with Gasteiger partial charge in [0.05, 0.1) is 5.56 Å². The van der Waals surface area contributed by atoms with Gasteiger partial charge < -0.3 is 14.4 Å². The molecule has 0 aliphatic carbocycles. The first-order chi connectivity index (χ1) is 14.4. The lowest BCUT2D eigenvalue weighted by Crippen LogP contribution is -2.38. The molecule has 1 aromatic heterocycles. The van der Waals surface area contributed by atoms with Gasteiger partial charge in [0.25, 0.3) is 5.88 Å². The number of hydrogen-bond acceptors (Lipinski definition) is 7. The predicted octanol–water partition coefficient (Wildman–Crippen LogP) is 3.12. The highest BCUT2D eigenvalue weighted by atomic mass is 19.4. The van der Waals surface area contributed by atoms with Crippen molar-refractivity contribution >= 4 is 17.6 Å². The summed E-state index contributed by atoms with van der Waals surface area (Å²) >= 11 is 0. The van der Waals surface area contributed by atoms with Crippen molar-refractivity contribution in [3.63, 3.8) is 0 Å². The largest absolute Gasteiger partial charge is 0.491 e. The zero-order valence-corrected chi connectivity index (χ0v) is 15.5. The third kappa shape index (κ3) is 5.44. The van der Waals surface area contributed by atoms with Gasteiger partial charge in [-0.3, -0.25) is 0 Å². The number of rotatable bonds is 4. The third-order valence-electron chi connectivity index (χ3n) is 4.42. The topological polar surface area (TPSA) is 97.4 Å². The van der Waals surface area contributed by atoms with Crippen molar-refractivity contribution < 1.29 is 45.4 Å². The summed E-state index contributed by atoms with van der Waals surface area (Å²) < 4.78 is 83.8. The van der Waals surface area contributed by atoms with Gasteiger partial charge in [-0.1, -0.05) is 10.3 Å². The number of anilines is 1. The van der Waals surface area contributed by atoms with E-state index in [1.165, 1.54) is 12.1 Å². The highest BCUT2D eigenvalue weighted by Gasteiger charge is 2.43. The number of aromatic amines is 1. The summed E-state index contributed by atoms with van der Waals surface area (Å²) in [7, 11) is 0. The molecule has 3 rings (SSSR count). The highest BCUT2D eigenvalue weighted by molar-refractivity contribution is 5.98. The summed E-state index contributed by atoms with van der Waals surface area (Å²) in [5.41, 5.74) is -0.825. The van der Waals surface area contributed by atoms with E-state index < -0.39 is 47.5 Å². The zero-order chi connectivity index (χ0) is 22.8. The molecule has 1 aliphatic rings. The van der Waals surface area contributed by atoms with Gasteiger partial charge in [0.2, 0.25) is 5.69 Å². The van der Waals surface area contributed by atoms with Crippen molar-refractivity contribution in [1.82, 2.24) is 15.4 Å². The van der Waals surface area contributed by atoms with E-state index in [-0.39, 0.29) is 0 Å². The van der Waals surface area contributed by atoms with Crippen molar-refractivity contribution in [3.05, 3.63) is 35.5 Å². The van der Waals surface area contributed by atoms with E-state index in [0.29, 0.717) is 31.6 Å². The molecular formula is C17H14F6N4O4. The SMILES string of the molecule is O=C(OC(=O)C(F)(F)F)c1[nH]nnc1OC1CCN(c2ccc(C(F)(F)F)cc2)CC1. The molecule has 0 unspecified atom stereocenters. The normalized spacial score (nSPS) is 15.6. The van der Waals surface area contributed by atoms with Crippen LogP contribution in [0.1, 0.15) is 28.9 Å². The maximum Gasteiger partial charge on any atom is 0.491 e. The minimum Gasteiger partial charge on any atom is -0.471 e. The summed E-state index contributed by atoms with van der Waals surface area (Å²) in [5, 5.41) is 8.76. The van der Waals surface area contributed by atoms with Crippen molar-refractivity contribution in [2.24, 2.45) is 0 Å². The Morgan fingerprint density at radius 3 is 2.19 bits per heavy atom. The molecule has 0 saturated carbocycles. The first kappa shape index (κ1) is 22.4. The van der Waals surface area contributed by atoms with Crippen LogP contribution in [0.4, 0.5) is 32.0 Å². The minimum atomic E-state index is -5.35. The molecule has 31 heavy (non-hydrogen) atoms. The van der Waals surface area contributed by atoms with Crippen LogP contribution in [0.3, 0.4) is 0 Å². The van der Waals surface area contributed by atoms with Gasteiger partial charge in [-0.05, 0) is 24.3 Å². The molecule has 8 nitrogen and oxygen atoms in total. The van der Waals surface area contributed by atoms with Gasteiger partial charge in [0.1, 0.15) is 6.10 Å². The Hall–Kier alpha value is -3.32. The number of piperidine rings is 1. The average molecular weight is 452 g/mol. The van der Waals surface area contributed by atoms with Crippen molar-refractivity contribution in [2.45, 2.75) is 31.3 Å². The summed E-state index contributed by atoms with van der Waals surface area (Å²) in [6.07, 6.45) is -9.52. The van der Waals surface area contributed by atoms with Crippen LogP contribution in [-0.4, -0.2) is 52.7 Å². The molecule has 0 radical (unpaired) electrons. The molecule has 1 N–H and O–H groups in total. The fourth-order valence-corrected chi connectivity index (χ4v) is 2.88. The molecule has 1 aromatic carbocycles. The van der Waals surface area contributed by atoms with E-state index in [2.05, 4.69) is 15.0 Å². The lowest BCUT2D eigenvalue weighted by molar-refractivity contribution is -0.193. The molecule has 0 atom stereocenters. The second-order valence-electron chi connectivity index (χ2n) is 6.52. The van der Waals surface area contributed by atoms with Gasteiger partial charge in [0, 0.05) is 31.6 Å². The van der Waals surface area contributed by atoms with E-state index in [1.54, 1.807) is 0 Å². The van der Waals surface area contributed by atoms with E-state index in [0.717, 1.165) is 12.1 Å². The zero-order valence-electron chi connectivity index (χ0n) is 15.5. The maximum absolute atomic E-state index is 12.7. The maximum atomic E-state index is 12.7. The quantitative estimate of drug-likeness (QED) is 0.433. The number of halogens is 6. The number of aromatic nitrogens is 3. The van der Waals surface area contributed by atoms with E-state index in [4.69, 9.17) is 4.74 Å². The molecular weight excluding hydrogens is 438 g/mol. The number of alkyl halides is 6. The number of ether oxygens (including phenoxy) is 2. The number of carbonyl (C=O) groups is 2. The first-order valence-corrected chi connectivity index (χ1v) is 8.78. The summed E-state index contributed by atoms with van der Waals surface area (Å²) in [6.45, 7) is 0.806. The van der Waals surface area contributed by atoms with Crippen LogP contribution in [0.5, 0.6) is 5.88 Å². The van der Waals surface area contributed by atoms with Crippen LogP contribution in [0.15, 0.2) is 24.3 Å². The van der Waals surface area contributed by atoms with Crippen molar-refractivity contribution in [1.29, 1.82) is 0 Å². The van der Waals surface area contributed by atoms with Crippen LogP contribution in [0.25, 0.3) is 0 Å². The Labute approximate surface area is 170 Å². The van der Waals surface area contributed by atoms with Crippen LogP contribution in [0.2, 0.25) is 0 Å². The van der Waals surface area contributed by atoms with E-state index in [1.807, 2.05) is 10.00 Å². The number of esters is 2. The number of hydrogen-bond donors (Lipinski definition) is 1. The van der Waals surface area contributed by atoms with E-state index >= 15 is 0 Å². The third-order valence-corrected chi connectivity index (χ3v) is 4.42. The Morgan fingerprint density at radius 1 is 1.03 bits per heavy atom. The monoisotopic (exact) mass is 452 g/mol. The standard InChI is InChI=1S/C17H14F6N4O4/c18-16(19,20)9-1-3-10(4-2-9)27-7-5-11(6-8-27)30-13-12(24-26-25-13)14(28)31-15(29)17(21,22)23/h1-4,11H,5-8H2,(H,24,25,26). The number of H-pyrrole nitrogens is 1. The molecule has 0 spiro atoms. The summed E-state index contributed by atoms with van der Waals surface area (Å²) in [5.74, 6) is -4.76. The van der Waals surface area contributed by atoms with Gasteiger partial charge in [-0.2, -0.15) is 26.3 Å². The fraction of sp³-hybridized carbons (Fsp3) is 0.412. The first-order valence-electron chi connectivity index (χ1n) is 8.78. The predicted molar refractivity (Wildman–Crippen MR) is 90.2 cm³/mol. The second kappa shape index (κ2) is 8.43. The highest BCUT2D eigenvalue weighted by Crippen LogP contribution is 2.31. The molecule has 168 valence electrons. The molecule has 14 heteroatoms. The van der Waals surface area contributed by atoms with Crippen LogP contribution < -0.4 is 9.64 Å². The summed E-state index contributed by atoms with van der Waals surface area (Å²) in [4.78, 5) is 24.4. The van der Waals surface area contributed by atoms with Gasteiger partial charge in [-0.25, -0.2) is 14.7 Å². The van der Waals surface area contributed by atoms with Crippen LogP contribution in [0, 0.1) is 0 Å². The Balaban J connectivity index is 1.57. The van der Waals surface area contributed by atoms with Gasteiger partial charge >= 0.3 is 24.3 Å². The molecule has 1 saturated heterocycles. The molecule has 1 aliphatic heterocycles. The number of carbonyl (C=O) groups excluding carboxylic acids is 2. The average Bonchev–Trinajstić information content (AvgIpc) is 3.15. The number of nitrogens with zero attached hydrogens (tertiary/aromatic N) is 3. The van der Waals surface area contributed by atoms with Crippen molar-refractivity contribution in [2.75, 3.05) is 18.0 Å². The van der Waals surface area contributed by atoms with Crippen molar-refractivity contribution in [3.8, 4) is 5.88 Å². The molecule has 2 heterocycles. The molecule has 1 fully saturated rings. The second-order valence-corrected chi connectivity index (χ2v) is 6.52. The fourth-order valence-electron chi connectivity index (χ4n) is 2.88. The van der Waals surface area contributed by atoms with E-state index in [9.17, 15) is 35.9 Å². The Morgan fingerprint density at radius 2 is 1.65 bits per heavy atom.